The highest BCUT2D eigenvalue weighted by molar-refractivity contribution is 5.87. The number of anilines is 1. The van der Waals surface area contributed by atoms with Crippen LogP contribution in [0.15, 0.2) is 42.6 Å². The average Bonchev–Trinajstić information content (AvgIpc) is 2.48. The zero-order valence-electron chi connectivity index (χ0n) is 12.2. The molecule has 0 amide bonds. The van der Waals surface area contributed by atoms with Gasteiger partial charge >= 0.3 is 5.97 Å². The van der Waals surface area contributed by atoms with E-state index in [9.17, 15) is 4.79 Å². The van der Waals surface area contributed by atoms with E-state index in [1.54, 1.807) is 18.3 Å². The number of carboxylic acid groups (broad SMARTS) is 1. The van der Waals surface area contributed by atoms with Gasteiger partial charge in [-0.3, -0.25) is 4.98 Å². The van der Waals surface area contributed by atoms with Crippen LogP contribution < -0.4 is 10.2 Å². The first-order chi connectivity index (χ1) is 10.1. The van der Waals surface area contributed by atoms with Crippen LogP contribution in [0.3, 0.4) is 0 Å². The molecule has 0 aliphatic rings. The molecule has 2 N–H and O–H groups in total. The maximum atomic E-state index is 10.8. The number of rotatable bonds is 6. The van der Waals surface area contributed by atoms with Gasteiger partial charge in [-0.1, -0.05) is 12.1 Å². The number of pyridine rings is 1. The van der Waals surface area contributed by atoms with E-state index in [1.165, 1.54) is 0 Å². The van der Waals surface area contributed by atoms with Crippen molar-refractivity contribution in [3.63, 3.8) is 0 Å². The molecule has 2 rings (SSSR count). The molecule has 0 radical (unpaired) electrons. The SMILES string of the molecule is CN(C)c1cccnc1CNCc1ccc(C(=O)O)cc1. The van der Waals surface area contributed by atoms with E-state index in [2.05, 4.69) is 10.3 Å². The minimum atomic E-state index is -0.904. The van der Waals surface area contributed by atoms with Crippen molar-refractivity contribution < 1.29 is 9.90 Å². The molecule has 0 spiro atoms. The first kappa shape index (κ1) is 15.0. The van der Waals surface area contributed by atoms with Crippen LogP contribution in [0.5, 0.6) is 0 Å². The van der Waals surface area contributed by atoms with E-state index < -0.39 is 5.97 Å². The number of carboxylic acids is 1. The van der Waals surface area contributed by atoms with Gasteiger partial charge in [0.05, 0.1) is 16.9 Å². The second-order valence-electron chi connectivity index (χ2n) is 4.97. The molecular weight excluding hydrogens is 266 g/mol. The van der Waals surface area contributed by atoms with Crippen LogP contribution in [0.1, 0.15) is 21.6 Å². The Morgan fingerprint density at radius 1 is 1.19 bits per heavy atom. The number of hydrogen-bond acceptors (Lipinski definition) is 4. The molecule has 0 aliphatic heterocycles. The van der Waals surface area contributed by atoms with Crippen molar-refractivity contribution >= 4 is 11.7 Å². The third kappa shape index (κ3) is 4.03. The van der Waals surface area contributed by atoms with E-state index in [0.717, 1.165) is 16.9 Å². The summed E-state index contributed by atoms with van der Waals surface area (Å²) in [6.07, 6.45) is 1.78. The zero-order chi connectivity index (χ0) is 15.2. The highest BCUT2D eigenvalue weighted by Crippen LogP contribution is 2.15. The van der Waals surface area contributed by atoms with E-state index in [1.807, 2.05) is 43.3 Å². The lowest BCUT2D eigenvalue weighted by atomic mass is 10.1. The van der Waals surface area contributed by atoms with Gasteiger partial charge in [0.25, 0.3) is 0 Å². The van der Waals surface area contributed by atoms with E-state index in [4.69, 9.17) is 5.11 Å². The summed E-state index contributed by atoms with van der Waals surface area (Å²) in [5.41, 5.74) is 3.43. The third-order valence-electron chi connectivity index (χ3n) is 3.17. The third-order valence-corrected chi connectivity index (χ3v) is 3.17. The van der Waals surface area contributed by atoms with Gasteiger partial charge in [-0.25, -0.2) is 4.79 Å². The lowest BCUT2D eigenvalue weighted by Gasteiger charge is -2.16. The Morgan fingerprint density at radius 3 is 2.52 bits per heavy atom. The first-order valence-electron chi connectivity index (χ1n) is 6.72. The zero-order valence-corrected chi connectivity index (χ0v) is 12.2. The smallest absolute Gasteiger partial charge is 0.335 e. The lowest BCUT2D eigenvalue weighted by Crippen LogP contribution is -2.18. The quantitative estimate of drug-likeness (QED) is 0.851. The minimum Gasteiger partial charge on any atom is -0.478 e. The van der Waals surface area contributed by atoms with Gasteiger partial charge in [-0.05, 0) is 29.8 Å². The van der Waals surface area contributed by atoms with Crippen molar-refractivity contribution in [1.82, 2.24) is 10.3 Å². The normalized spacial score (nSPS) is 10.4. The van der Waals surface area contributed by atoms with Crippen molar-refractivity contribution in [3.05, 3.63) is 59.4 Å². The number of carbonyl (C=O) groups is 1. The molecule has 0 fully saturated rings. The number of aromatic nitrogens is 1. The summed E-state index contributed by atoms with van der Waals surface area (Å²) in [6.45, 7) is 1.33. The highest BCUT2D eigenvalue weighted by Gasteiger charge is 2.05. The van der Waals surface area contributed by atoms with Crippen molar-refractivity contribution in [3.8, 4) is 0 Å². The number of hydrogen-bond donors (Lipinski definition) is 2. The fourth-order valence-electron chi connectivity index (χ4n) is 2.06. The summed E-state index contributed by atoms with van der Waals surface area (Å²) in [5, 5.41) is 12.2. The Morgan fingerprint density at radius 2 is 1.90 bits per heavy atom. The molecule has 0 aliphatic carbocycles. The Hall–Kier alpha value is -2.40. The number of aromatic carboxylic acids is 1. The van der Waals surface area contributed by atoms with Crippen LogP contribution in [0.4, 0.5) is 5.69 Å². The van der Waals surface area contributed by atoms with Crippen molar-refractivity contribution in [1.29, 1.82) is 0 Å². The fourth-order valence-corrected chi connectivity index (χ4v) is 2.06. The summed E-state index contributed by atoms with van der Waals surface area (Å²) in [5.74, 6) is -0.904. The molecule has 110 valence electrons. The maximum Gasteiger partial charge on any atom is 0.335 e. The molecular formula is C16H19N3O2. The molecule has 5 heteroatoms. The summed E-state index contributed by atoms with van der Waals surface area (Å²) >= 11 is 0. The molecule has 1 heterocycles. The molecule has 0 bridgehead atoms. The molecule has 0 saturated carbocycles. The van der Waals surface area contributed by atoms with Crippen LogP contribution in [0, 0.1) is 0 Å². The van der Waals surface area contributed by atoms with E-state index in [-0.39, 0.29) is 0 Å². The number of nitrogens with zero attached hydrogens (tertiary/aromatic N) is 2. The molecule has 21 heavy (non-hydrogen) atoms. The maximum absolute atomic E-state index is 10.8. The first-order valence-corrected chi connectivity index (χ1v) is 6.72. The Labute approximate surface area is 124 Å². The summed E-state index contributed by atoms with van der Waals surface area (Å²) in [4.78, 5) is 17.2. The lowest BCUT2D eigenvalue weighted by molar-refractivity contribution is 0.0697. The molecule has 1 aromatic heterocycles. The van der Waals surface area contributed by atoms with Crippen LogP contribution >= 0.6 is 0 Å². The van der Waals surface area contributed by atoms with Crippen LogP contribution in [-0.4, -0.2) is 30.2 Å². The second kappa shape index (κ2) is 6.85. The molecule has 5 nitrogen and oxygen atoms in total. The molecule has 2 aromatic rings. The summed E-state index contributed by atoms with van der Waals surface area (Å²) in [6, 6.07) is 10.8. The highest BCUT2D eigenvalue weighted by atomic mass is 16.4. The van der Waals surface area contributed by atoms with Crippen molar-refractivity contribution in [2.24, 2.45) is 0 Å². The monoisotopic (exact) mass is 285 g/mol. The van der Waals surface area contributed by atoms with Crippen LogP contribution in [0.2, 0.25) is 0 Å². The minimum absolute atomic E-state index is 0.304. The molecule has 1 aromatic carbocycles. The second-order valence-corrected chi connectivity index (χ2v) is 4.97. The summed E-state index contributed by atoms with van der Waals surface area (Å²) in [7, 11) is 3.98. The van der Waals surface area contributed by atoms with Crippen LogP contribution in [-0.2, 0) is 13.1 Å². The Kier molecular flexibility index (Phi) is 4.90. The standard InChI is InChI=1S/C16H19N3O2/c1-19(2)15-4-3-9-18-14(15)11-17-10-12-5-7-13(8-6-12)16(20)21/h3-9,17H,10-11H2,1-2H3,(H,20,21). The van der Waals surface area contributed by atoms with Crippen molar-refractivity contribution in [2.45, 2.75) is 13.1 Å². The Balaban J connectivity index is 1.94. The molecule has 0 unspecified atom stereocenters. The number of nitrogens with one attached hydrogen (secondary N) is 1. The summed E-state index contributed by atoms with van der Waals surface area (Å²) < 4.78 is 0. The molecule has 0 saturated heterocycles. The molecule has 0 atom stereocenters. The van der Waals surface area contributed by atoms with E-state index >= 15 is 0 Å². The predicted molar refractivity (Wildman–Crippen MR) is 82.5 cm³/mol. The van der Waals surface area contributed by atoms with Gasteiger partial charge in [-0.15, -0.1) is 0 Å². The van der Waals surface area contributed by atoms with Gasteiger partial charge in [-0.2, -0.15) is 0 Å². The number of benzene rings is 1. The largest absolute Gasteiger partial charge is 0.478 e. The van der Waals surface area contributed by atoms with Gasteiger partial charge < -0.3 is 15.3 Å². The van der Waals surface area contributed by atoms with Gasteiger partial charge in [0.2, 0.25) is 0 Å². The topological polar surface area (TPSA) is 65.5 Å². The van der Waals surface area contributed by atoms with Gasteiger partial charge in [0.15, 0.2) is 0 Å². The van der Waals surface area contributed by atoms with Crippen molar-refractivity contribution in [2.75, 3.05) is 19.0 Å². The fraction of sp³-hybridized carbons (Fsp3) is 0.250. The van der Waals surface area contributed by atoms with Crippen LogP contribution in [0.25, 0.3) is 0 Å². The Bertz CT molecular complexity index is 609. The van der Waals surface area contributed by atoms with Gasteiger partial charge in [0.1, 0.15) is 0 Å². The van der Waals surface area contributed by atoms with Gasteiger partial charge in [0, 0.05) is 33.4 Å². The predicted octanol–water partition coefficient (Wildman–Crippen LogP) is 2.14. The average molecular weight is 285 g/mol. The van der Waals surface area contributed by atoms with E-state index in [0.29, 0.717) is 18.7 Å².